The molecule has 0 saturated heterocycles. The van der Waals surface area contributed by atoms with Gasteiger partial charge in [-0.05, 0) is 39.7 Å². The molecule has 0 unspecified atom stereocenters. The van der Waals surface area contributed by atoms with Crippen molar-refractivity contribution < 1.29 is 9.72 Å². The fourth-order valence-corrected chi connectivity index (χ4v) is 2.15. The number of amides is 1. The lowest BCUT2D eigenvalue weighted by atomic mass is 10.1. The number of nitrogens with two attached hydrogens (primary N) is 1. The third-order valence-corrected chi connectivity index (χ3v) is 3.44. The van der Waals surface area contributed by atoms with Crippen LogP contribution < -0.4 is 11.1 Å². The van der Waals surface area contributed by atoms with Gasteiger partial charge in [0, 0.05) is 22.3 Å². The Bertz CT molecular complexity index is 704. The molecule has 7 heteroatoms. The summed E-state index contributed by atoms with van der Waals surface area (Å²) in [6.45, 7) is 0. The lowest BCUT2D eigenvalue weighted by Gasteiger charge is -2.07. The van der Waals surface area contributed by atoms with Crippen molar-refractivity contribution in [1.29, 1.82) is 0 Å². The number of benzene rings is 2. The topological polar surface area (TPSA) is 98.3 Å². The monoisotopic (exact) mass is 349 g/mol. The van der Waals surface area contributed by atoms with E-state index in [4.69, 9.17) is 5.73 Å². The molecule has 0 aromatic heterocycles. The molecule has 0 aliphatic heterocycles. The van der Waals surface area contributed by atoms with E-state index in [1.54, 1.807) is 24.3 Å². The van der Waals surface area contributed by atoms with Gasteiger partial charge >= 0.3 is 0 Å². The maximum Gasteiger partial charge on any atom is 0.271 e. The first-order chi connectivity index (χ1) is 9.95. The molecule has 0 atom stereocenters. The van der Waals surface area contributed by atoms with E-state index < -0.39 is 4.92 Å². The highest BCUT2D eigenvalue weighted by Gasteiger charge is 2.12. The molecule has 0 aliphatic carbocycles. The third kappa shape index (κ3) is 4.03. The van der Waals surface area contributed by atoms with Gasteiger partial charge in [-0.3, -0.25) is 14.9 Å². The van der Waals surface area contributed by atoms with Crippen molar-refractivity contribution in [2.24, 2.45) is 0 Å². The molecule has 2 aromatic carbocycles. The van der Waals surface area contributed by atoms with E-state index in [2.05, 4.69) is 21.2 Å². The molecule has 0 saturated carbocycles. The van der Waals surface area contributed by atoms with E-state index in [1.165, 1.54) is 18.2 Å². The zero-order valence-corrected chi connectivity index (χ0v) is 12.5. The Labute approximate surface area is 129 Å². The average Bonchev–Trinajstić information content (AvgIpc) is 2.41. The minimum atomic E-state index is -0.514. The van der Waals surface area contributed by atoms with Crippen molar-refractivity contribution in [3.8, 4) is 0 Å². The highest BCUT2D eigenvalue weighted by molar-refractivity contribution is 9.10. The number of nitrogens with zero attached hydrogens (tertiary/aromatic N) is 1. The number of non-ortho nitro benzene ring substituents is 1. The van der Waals surface area contributed by atoms with Crippen LogP contribution in [0.25, 0.3) is 0 Å². The first-order valence-corrected chi connectivity index (χ1v) is 6.83. The first kappa shape index (κ1) is 15.0. The number of halogens is 1. The third-order valence-electron chi connectivity index (χ3n) is 2.75. The van der Waals surface area contributed by atoms with Crippen LogP contribution in [0.2, 0.25) is 0 Å². The van der Waals surface area contributed by atoms with E-state index >= 15 is 0 Å². The second-order valence-corrected chi connectivity index (χ2v) is 5.25. The summed E-state index contributed by atoms with van der Waals surface area (Å²) in [6, 6.07) is 11.2. The summed E-state index contributed by atoms with van der Waals surface area (Å²) in [5.74, 6) is -0.276. The zero-order valence-electron chi connectivity index (χ0n) is 10.9. The van der Waals surface area contributed by atoms with E-state index in [0.29, 0.717) is 15.8 Å². The summed E-state index contributed by atoms with van der Waals surface area (Å²) in [6.07, 6.45) is 0.139. The summed E-state index contributed by atoms with van der Waals surface area (Å²) in [4.78, 5) is 22.2. The minimum Gasteiger partial charge on any atom is -0.399 e. The standard InChI is InChI=1S/C14H12BrN3O3/c15-12-5-4-11(18(20)21)8-13(12)17-14(19)7-9-2-1-3-10(16)6-9/h1-6,8H,7,16H2,(H,17,19). The van der Waals surface area contributed by atoms with Gasteiger partial charge < -0.3 is 11.1 Å². The van der Waals surface area contributed by atoms with Crippen LogP contribution in [0.5, 0.6) is 0 Å². The van der Waals surface area contributed by atoms with Crippen molar-refractivity contribution in [3.05, 3.63) is 62.6 Å². The van der Waals surface area contributed by atoms with Crippen LogP contribution in [-0.4, -0.2) is 10.8 Å². The number of nitro benzene ring substituents is 1. The Morgan fingerprint density at radius 2 is 2.05 bits per heavy atom. The summed E-state index contributed by atoms with van der Waals surface area (Å²) in [7, 11) is 0. The van der Waals surface area contributed by atoms with Gasteiger partial charge in [-0.25, -0.2) is 0 Å². The smallest absolute Gasteiger partial charge is 0.271 e. The molecule has 6 nitrogen and oxygen atoms in total. The average molecular weight is 350 g/mol. The molecule has 21 heavy (non-hydrogen) atoms. The molecule has 0 heterocycles. The minimum absolute atomic E-state index is 0.0857. The summed E-state index contributed by atoms with van der Waals surface area (Å²) >= 11 is 3.25. The fourth-order valence-electron chi connectivity index (χ4n) is 1.81. The van der Waals surface area contributed by atoms with E-state index in [0.717, 1.165) is 5.56 Å². The van der Waals surface area contributed by atoms with Gasteiger partial charge in [0.25, 0.3) is 5.69 Å². The zero-order chi connectivity index (χ0) is 15.4. The van der Waals surface area contributed by atoms with Gasteiger partial charge in [-0.15, -0.1) is 0 Å². The van der Waals surface area contributed by atoms with Crippen LogP contribution in [0.3, 0.4) is 0 Å². The van der Waals surface area contributed by atoms with Crippen molar-refractivity contribution >= 4 is 38.9 Å². The van der Waals surface area contributed by atoms with Crippen LogP contribution in [0.4, 0.5) is 17.1 Å². The van der Waals surface area contributed by atoms with Crippen LogP contribution in [-0.2, 0) is 11.2 Å². The van der Waals surface area contributed by atoms with Crippen molar-refractivity contribution in [2.75, 3.05) is 11.1 Å². The SMILES string of the molecule is Nc1cccc(CC(=O)Nc2cc([N+](=O)[O-])ccc2Br)c1. The predicted molar refractivity (Wildman–Crippen MR) is 84.0 cm³/mol. The molecule has 0 spiro atoms. The Kier molecular flexibility index (Phi) is 4.54. The summed E-state index contributed by atoms with van der Waals surface area (Å²) in [5.41, 5.74) is 7.28. The first-order valence-electron chi connectivity index (χ1n) is 6.04. The lowest BCUT2D eigenvalue weighted by Crippen LogP contribution is -2.15. The molecule has 2 aromatic rings. The second-order valence-electron chi connectivity index (χ2n) is 4.39. The number of nitrogens with one attached hydrogen (secondary N) is 1. The normalized spacial score (nSPS) is 10.1. The Morgan fingerprint density at radius 3 is 2.71 bits per heavy atom. The highest BCUT2D eigenvalue weighted by Crippen LogP contribution is 2.27. The summed E-state index contributed by atoms with van der Waals surface area (Å²) < 4.78 is 0.578. The Hall–Kier alpha value is -2.41. The second kappa shape index (κ2) is 6.36. The van der Waals surface area contributed by atoms with Gasteiger partial charge in [-0.2, -0.15) is 0 Å². The van der Waals surface area contributed by atoms with Gasteiger partial charge in [0.15, 0.2) is 0 Å². The van der Waals surface area contributed by atoms with Gasteiger partial charge in [0.2, 0.25) is 5.91 Å². The number of nitrogen functional groups attached to an aromatic ring is 1. The molecule has 0 radical (unpaired) electrons. The quantitative estimate of drug-likeness (QED) is 0.503. The molecular weight excluding hydrogens is 338 g/mol. The molecule has 1 amide bonds. The number of carbonyl (C=O) groups is 1. The highest BCUT2D eigenvalue weighted by atomic mass is 79.9. The maximum atomic E-state index is 12.0. The molecule has 0 aliphatic rings. The van der Waals surface area contributed by atoms with Gasteiger partial charge in [0.1, 0.15) is 0 Å². The Morgan fingerprint density at radius 1 is 1.29 bits per heavy atom. The van der Waals surface area contributed by atoms with Gasteiger partial charge in [0.05, 0.1) is 17.0 Å². The predicted octanol–water partition coefficient (Wildman–Crippen LogP) is 3.12. The molecule has 0 bridgehead atoms. The number of carbonyl (C=O) groups excluding carboxylic acids is 1. The number of anilines is 2. The van der Waals surface area contributed by atoms with E-state index in [9.17, 15) is 14.9 Å². The van der Waals surface area contributed by atoms with E-state index in [-0.39, 0.29) is 18.0 Å². The van der Waals surface area contributed by atoms with Crippen LogP contribution in [0.1, 0.15) is 5.56 Å². The number of hydrogen-bond acceptors (Lipinski definition) is 4. The largest absolute Gasteiger partial charge is 0.399 e. The fraction of sp³-hybridized carbons (Fsp3) is 0.0714. The number of nitro groups is 1. The molecule has 0 fully saturated rings. The van der Waals surface area contributed by atoms with E-state index in [1.807, 2.05) is 0 Å². The Balaban J connectivity index is 2.12. The van der Waals surface area contributed by atoms with Crippen molar-refractivity contribution in [3.63, 3.8) is 0 Å². The molecule has 108 valence electrons. The molecule has 3 N–H and O–H groups in total. The molecular formula is C14H12BrN3O3. The number of hydrogen-bond donors (Lipinski definition) is 2. The number of rotatable bonds is 4. The maximum absolute atomic E-state index is 12.0. The van der Waals surface area contributed by atoms with Crippen LogP contribution in [0, 0.1) is 10.1 Å². The summed E-state index contributed by atoms with van der Waals surface area (Å²) in [5, 5.41) is 13.4. The van der Waals surface area contributed by atoms with Crippen LogP contribution >= 0.6 is 15.9 Å². The lowest BCUT2D eigenvalue weighted by molar-refractivity contribution is -0.384. The van der Waals surface area contributed by atoms with Crippen LogP contribution in [0.15, 0.2) is 46.9 Å². The van der Waals surface area contributed by atoms with Crippen molar-refractivity contribution in [2.45, 2.75) is 6.42 Å². The van der Waals surface area contributed by atoms with Gasteiger partial charge in [-0.1, -0.05) is 12.1 Å². The van der Waals surface area contributed by atoms with Crippen molar-refractivity contribution in [1.82, 2.24) is 0 Å². The molecule has 2 rings (SSSR count).